The molecule has 0 radical (unpaired) electrons. The largest absolute Gasteiger partial charge is 0.451 e. The molecule has 1 N–H and O–H groups in total. The zero-order valence-corrected chi connectivity index (χ0v) is 17.1. The topological polar surface area (TPSA) is 45.5 Å². The highest BCUT2D eigenvalue weighted by atomic mass is 35.5. The molecule has 2 aromatic carbocycles. The van der Waals surface area contributed by atoms with Crippen molar-refractivity contribution in [3.63, 3.8) is 0 Å². The van der Waals surface area contributed by atoms with Gasteiger partial charge < -0.3 is 9.73 Å². The van der Waals surface area contributed by atoms with Crippen molar-refractivity contribution in [1.29, 1.82) is 0 Å². The van der Waals surface area contributed by atoms with Crippen LogP contribution in [-0.2, 0) is 0 Å². The first-order valence-electron chi connectivity index (χ1n) is 9.80. The lowest BCUT2D eigenvalue weighted by atomic mass is 10.0. The number of carbonyl (C=O) groups is 1. The number of fused-ring (bicyclic) bond motifs is 1. The fraction of sp³-hybridized carbons (Fsp3) is 0.348. The summed E-state index contributed by atoms with van der Waals surface area (Å²) in [4.78, 5) is 15.3. The number of likely N-dealkylation sites (tertiary alicyclic amines) is 1. The summed E-state index contributed by atoms with van der Waals surface area (Å²) in [7, 11) is 0. The quantitative estimate of drug-likeness (QED) is 0.639. The second-order valence-electron chi connectivity index (χ2n) is 7.58. The van der Waals surface area contributed by atoms with Crippen LogP contribution in [0.1, 0.15) is 46.1 Å². The van der Waals surface area contributed by atoms with E-state index in [-0.39, 0.29) is 11.9 Å². The van der Waals surface area contributed by atoms with Gasteiger partial charge in [-0.2, -0.15) is 0 Å². The maximum absolute atomic E-state index is 12.9. The molecule has 1 aliphatic rings. The lowest BCUT2D eigenvalue weighted by Gasteiger charge is -2.28. The van der Waals surface area contributed by atoms with Crippen LogP contribution in [-0.4, -0.2) is 30.4 Å². The van der Waals surface area contributed by atoms with Crippen LogP contribution in [0.15, 0.2) is 46.9 Å². The number of hydrogen-bond donors (Lipinski definition) is 1. The molecule has 1 amide bonds. The normalized spacial score (nSPS) is 15.8. The Morgan fingerprint density at radius 1 is 1.14 bits per heavy atom. The zero-order chi connectivity index (χ0) is 19.7. The molecule has 0 spiro atoms. The molecule has 0 aliphatic carbocycles. The third kappa shape index (κ3) is 3.80. The second kappa shape index (κ2) is 7.98. The molecule has 28 heavy (non-hydrogen) atoms. The first-order chi connectivity index (χ1) is 13.5. The number of benzene rings is 2. The Kier molecular flexibility index (Phi) is 5.42. The number of nitrogens with zero attached hydrogens (tertiary/aromatic N) is 1. The van der Waals surface area contributed by atoms with Gasteiger partial charge in [-0.3, -0.25) is 9.69 Å². The zero-order valence-electron chi connectivity index (χ0n) is 16.3. The molecular weight excluding hydrogens is 372 g/mol. The Morgan fingerprint density at radius 2 is 1.86 bits per heavy atom. The van der Waals surface area contributed by atoms with Crippen molar-refractivity contribution in [1.82, 2.24) is 10.2 Å². The SMILES string of the molecule is Cc1ccc([C@H](CNC(=O)c2oc3ccc(Cl)cc3c2C)N2CCCC2)cc1. The minimum absolute atomic E-state index is 0.172. The van der Waals surface area contributed by atoms with E-state index >= 15 is 0 Å². The van der Waals surface area contributed by atoms with Crippen LogP contribution < -0.4 is 5.32 Å². The Labute approximate surface area is 170 Å². The van der Waals surface area contributed by atoms with Crippen LogP contribution in [0.25, 0.3) is 11.0 Å². The number of aryl methyl sites for hydroxylation is 2. The van der Waals surface area contributed by atoms with Gasteiger partial charge in [-0.25, -0.2) is 0 Å². The Morgan fingerprint density at radius 3 is 2.57 bits per heavy atom. The average molecular weight is 397 g/mol. The molecule has 0 unspecified atom stereocenters. The minimum Gasteiger partial charge on any atom is -0.451 e. The second-order valence-corrected chi connectivity index (χ2v) is 8.01. The van der Waals surface area contributed by atoms with Gasteiger partial charge in [-0.05, 0) is 63.5 Å². The third-order valence-electron chi connectivity index (χ3n) is 5.60. The average Bonchev–Trinajstić information content (AvgIpc) is 3.32. The van der Waals surface area contributed by atoms with Crippen molar-refractivity contribution < 1.29 is 9.21 Å². The summed E-state index contributed by atoms with van der Waals surface area (Å²) in [5, 5.41) is 4.62. The Hall–Kier alpha value is -2.30. The molecule has 4 nitrogen and oxygen atoms in total. The van der Waals surface area contributed by atoms with Crippen molar-refractivity contribution in [3.05, 3.63) is 69.9 Å². The fourth-order valence-corrected chi connectivity index (χ4v) is 4.15. The van der Waals surface area contributed by atoms with Crippen LogP contribution in [0.2, 0.25) is 5.02 Å². The highest BCUT2D eigenvalue weighted by molar-refractivity contribution is 6.31. The summed E-state index contributed by atoms with van der Waals surface area (Å²) < 4.78 is 5.81. The Bertz CT molecular complexity index is 988. The van der Waals surface area contributed by atoms with Crippen LogP contribution in [0, 0.1) is 13.8 Å². The third-order valence-corrected chi connectivity index (χ3v) is 5.84. The van der Waals surface area contributed by atoms with Gasteiger partial charge in [0.25, 0.3) is 5.91 Å². The molecule has 0 saturated carbocycles. The number of amides is 1. The van der Waals surface area contributed by atoms with Crippen molar-refractivity contribution in [2.24, 2.45) is 0 Å². The van der Waals surface area contributed by atoms with Gasteiger partial charge in [-0.1, -0.05) is 41.4 Å². The summed E-state index contributed by atoms with van der Waals surface area (Å²) in [6.07, 6.45) is 2.42. The standard InChI is InChI=1S/C23H25ClN2O2/c1-15-5-7-17(8-6-15)20(26-11-3-4-12-26)14-25-23(27)22-16(2)19-13-18(24)9-10-21(19)28-22/h5-10,13,20H,3-4,11-12,14H2,1-2H3,(H,25,27)/t20-/m0/s1. The highest BCUT2D eigenvalue weighted by Crippen LogP contribution is 2.29. The van der Waals surface area contributed by atoms with E-state index in [1.807, 2.05) is 13.0 Å². The number of halogens is 1. The number of hydrogen-bond acceptors (Lipinski definition) is 3. The molecule has 146 valence electrons. The highest BCUT2D eigenvalue weighted by Gasteiger charge is 2.25. The van der Waals surface area contributed by atoms with E-state index in [1.165, 1.54) is 24.0 Å². The van der Waals surface area contributed by atoms with Gasteiger partial charge in [0.1, 0.15) is 5.58 Å². The molecular formula is C23H25ClN2O2. The predicted molar refractivity (Wildman–Crippen MR) is 113 cm³/mol. The van der Waals surface area contributed by atoms with Gasteiger partial charge in [0.2, 0.25) is 0 Å². The smallest absolute Gasteiger partial charge is 0.287 e. The maximum Gasteiger partial charge on any atom is 0.287 e. The molecule has 0 bridgehead atoms. The number of carbonyl (C=O) groups excluding carboxylic acids is 1. The molecule has 3 aromatic rings. The van der Waals surface area contributed by atoms with Crippen molar-refractivity contribution in [3.8, 4) is 0 Å². The molecule has 1 aliphatic heterocycles. The van der Waals surface area contributed by atoms with E-state index in [0.717, 1.165) is 24.0 Å². The van der Waals surface area contributed by atoms with Crippen LogP contribution in [0.5, 0.6) is 0 Å². The van der Waals surface area contributed by atoms with E-state index in [2.05, 4.69) is 41.4 Å². The van der Waals surface area contributed by atoms with Crippen LogP contribution in [0.4, 0.5) is 0 Å². The molecule has 1 atom stereocenters. The van der Waals surface area contributed by atoms with Gasteiger partial charge >= 0.3 is 0 Å². The minimum atomic E-state index is -0.180. The fourth-order valence-electron chi connectivity index (χ4n) is 3.98. The van der Waals surface area contributed by atoms with Crippen LogP contribution >= 0.6 is 11.6 Å². The van der Waals surface area contributed by atoms with Crippen molar-refractivity contribution in [2.75, 3.05) is 19.6 Å². The molecule has 1 aromatic heterocycles. The van der Waals surface area contributed by atoms with E-state index in [1.54, 1.807) is 12.1 Å². The van der Waals surface area contributed by atoms with Crippen molar-refractivity contribution >= 4 is 28.5 Å². The lowest BCUT2D eigenvalue weighted by Crippen LogP contribution is -2.36. The van der Waals surface area contributed by atoms with Gasteiger partial charge in [0, 0.05) is 22.5 Å². The van der Waals surface area contributed by atoms with E-state index in [4.69, 9.17) is 16.0 Å². The summed E-state index contributed by atoms with van der Waals surface area (Å²) in [6, 6.07) is 14.2. The summed E-state index contributed by atoms with van der Waals surface area (Å²) in [5.74, 6) is 0.183. The first kappa shape index (κ1) is 19.0. The predicted octanol–water partition coefficient (Wildman–Crippen LogP) is 5.27. The van der Waals surface area contributed by atoms with Gasteiger partial charge in [0.05, 0.1) is 6.04 Å². The van der Waals surface area contributed by atoms with Gasteiger partial charge in [-0.15, -0.1) is 0 Å². The monoisotopic (exact) mass is 396 g/mol. The molecule has 2 heterocycles. The summed E-state index contributed by atoms with van der Waals surface area (Å²) in [5.41, 5.74) is 3.98. The first-order valence-corrected chi connectivity index (χ1v) is 10.2. The molecule has 5 heteroatoms. The summed E-state index contributed by atoms with van der Waals surface area (Å²) >= 11 is 6.09. The van der Waals surface area contributed by atoms with Crippen LogP contribution in [0.3, 0.4) is 0 Å². The Balaban J connectivity index is 1.54. The van der Waals surface area contributed by atoms with E-state index in [9.17, 15) is 4.79 Å². The summed E-state index contributed by atoms with van der Waals surface area (Å²) in [6.45, 7) is 6.67. The molecule has 1 fully saturated rings. The number of furan rings is 1. The lowest BCUT2D eigenvalue weighted by molar-refractivity contribution is 0.0911. The maximum atomic E-state index is 12.9. The van der Waals surface area contributed by atoms with Crippen molar-refractivity contribution in [2.45, 2.75) is 32.7 Å². The van der Waals surface area contributed by atoms with Gasteiger partial charge in [0.15, 0.2) is 5.76 Å². The number of nitrogens with one attached hydrogen (secondary N) is 1. The van der Waals surface area contributed by atoms with E-state index < -0.39 is 0 Å². The molecule has 4 rings (SSSR count). The molecule has 1 saturated heterocycles. The number of rotatable bonds is 5. The van der Waals surface area contributed by atoms with E-state index in [0.29, 0.717) is 22.9 Å².